The van der Waals surface area contributed by atoms with Crippen LogP contribution in [0.3, 0.4) is 0 Å². The van der Waals surface area contributed by atoms with Crippen molar-refractivity contribution >= 4 is 45.2 Å². The molecule has 0 N–H and O–H groups in total. The van der Waals surface area contributed by atoms with Gasteiger partial charge in [0.05, 0.1) is 6.61 Å². The average molecular weight is 256 g/mol. The van der Waals surface area contributed by atoms with Crippen LogP contribution in [0.4, 0.5) is 0 Å². The number of nitrogens with zero attached hydrogens (tertiary/aromatic N) is 1. The van der Waals surface area contributed by atoms with Crippen LogP contribution in [0.5, 0.6) is 0 Å². The zero-order chi connectivity index (χ0) is 10.6. The Labute approximate surface area is 95.2 Å². The fourth-order valence-electron chi connectivity index (χ4n) is 0.485. The van der Waals surface area contributed by atoms with Crippen LogP contribution >= 0.6 is 33.2 Å². The van der Waals surface area contributed by atoms with Crippen LogP contribution < -0.4 is 0 Å². The van der Waals surface area contributed by atoms with Gasteiger partial charge in [0.1, 0.15) is 6.61 Å². The molecule has 0 aliphatic rings. The van der Waals surface area contributed by atoms with Gasteiger partial charge in [-0.05, 0) is 0 Å². The van der Waals surface area contributed by atoms with E-state index in [9.17, 15) is 9.59 Å². The third-order valence-corrected chi connectivity index (χ3v) is 3.73. The van der Waals surface area contributed by atoms with E-state index in [1.807, 2.05) is 0 Å². The first-order valence-electron chi connectivity index (χ1n) is 3.80. The molecule has 0 atom stereocenters. The van der Waals surface area contributed by atoms with Crippen LogP contribution in [0.15, 0.2) is 4.99 Å². The molecular weight excluding hydrogens is 246 g/mol. The summed E-state index contributed by atoms with van der Waals surface area (Å²) in [6.45, 7) is 0.302. The molecular formula is C7H10ClNO3S2. The third kappa shape index (κ3) is 10.1. The summed E-state index contributed by atoms with van der Waals surface area (Å²) in [6.07, 6.45) is 1.16. The Hall–Kier alpha value is -0.000000000000000278. The predicted octanol–water partition coefficient (Wildman–Crippen LogP) is 1.49. The number of hydrogen-bond donors (Lipinski definition) is 0. The second kappa shape index (κ2) is 11.1. The van der Waals surface area contributed by atoms with Crippen molar-refractivity contribution in [1.82, 2.24) is 0 Å². The Kier molecular flexibility index (Phi) is 11.1. The van der Waals surface area contributed by atoms with Crippen molar-refractivity contribution < 1.29 is 14.3 Å². The minimum atomic E-state index is -0.599. The summed E-state index contributed by atoms with van der Waals surface area (Å²) in [7, 11) is 3.29. The molecule has 4 nitrogen and oxygen atoms in total. The summed E-state index contributed by atoms with van der Waals surface area (Å²) in [5.41, 5.74) is 0. The molecule has 0 aromatic carbocycles. The zero-order valence-corrected chi connectivity index (χ0v) is 9.79. The predicted molar refractivity (Wildman–Crippen MR) is 59.6 cm³/mol. The highest BCUT2D eigenvalue weighted by Crippen LogP contribution is 2.20. The first-order chi connectivity index (χ1) is 6.81. The third-order valence-electron chi connectivity index (χ3n) is 0.951. The van der Waals surface area contributed by atoms with E-state index in [-0.39, 0.29) is 6.61 Å². The van der Waals surface area contributed by atoms with E-state index in [2.05, 4.69) is 4.99 Å². The molecule has 0 unspecified atom stereocenters. The van der Waals surface area contributed by atoms with Crippen molar-refractivity contribution in [2.45, 2.75) is 0 Å². The minimum Gasteiger partial charge on any atom is -0.371 e. The summed E-state index contributed by atoms with van der Waals surface area (Å²) < 4.78 is 4.94. The van der Waals surface area contributed by atoms with Gasteiger partial charge in [0.15, 0.2) is 0 Å². The smallest absolute Gasteiger partial charge is 0.282 e. The molecule has 0 aliphatic heterocycles. The van der Waals surface area contributed by atoms with Gasteiger partial charge in [-0.3, -0.25) is 4.79 Å². The second-order valence-corrected chi connectivity index (χ2v) is 5.06. The van der Waals surface area contributed by atoms with E-state index in [0.717, 1.165) is 17.6 Å². The molecule has 0 radical (unpaired) electrons. The van der Waals surface area contributed by atoms with Gasteiger partial charge in [0.25, 0.3) is 5.91 Å². The van der Waals surface area contributed by atoms with Crippen LogP contribution in [0.2, 0.25) is 0 Å². The molecule has 0 spiro atoms. The van der Waals surface area contributed by atoms with Gasteiger partial charge in [-0.2, -0.15) is 0 Å². The summed E-state index contributed by atoms with van der Waals surface area (Å²) in [5.74, 6) is 1.70. The Bertz CT molecular complexity index is 209. The van der Waals surface area contributed by atoms with Crippen LogP contribution in [0.25, 0.3) is 0 Å². The number of amides is 1. The van der Waals surface area contributed by atoms with Crippen LogP contribution in [0, 0.1) is 0 Å². The van der Waals surface area contributed by atoms with Crippen molar-refractivity contribution in [2.24, 2.45) is 4.99 Å². The van der Waals surface area contributed by atoms with Gasteiger partial charge in [-0.25, -0.2) is 4.79 Å². The lowest BCUT2D eigenvalue weighted by Crippen LogP contribution is -2.07. The number of ether oxygens (including phenoxy) is 1. The maximum absolute atomic E-state index is 10.6. The van der Waals surface area contributed by atoms with Gasteiger partial charge in [-0.1, -0.05) is 21.6 Å². The SMILES string of the molecule is O=C=NC(=O)COCCSSCCCl. The Morgan fingerprint density at radius 1 is 1.43 bits per heavy atom. The van der Waals surface area contributed by atoms with Crippen LogP contribution in [0.1, 0.15) is 0 Å². The number of hydrogen-bond acceptors (Lipinski definition) is 5. The normalized spacial score (nSPS) is 9.50. The van der Waals surface area contributed by atoms with Crippen molar-refractivity contribution in [2.75, 3.05) is 30.6 Å². The van der Waals surface area contributed by atoms with E-state index >= 15 is 0 Å². The summed E-state index contributed by atoms with van der Waals surface area (Å²) >= 11 is 5.46. The molecule has 0 aromatic heterocycles. The Morgan fingerprint density at radius 3 is 2.79 bits per heavy atom. The maximum atomic E-state index is 10.6. The van der Waals surface area contributed by atoms with Gasteiger partial charge >= 0.3 is 0 Å². The number of halogens is 1. The number of carbonyl (C=O) groups is 1. The topological polar surface area (TPSA) is 55.7 Å². The number of carbonyl (C=O) groups excluding carboxylic acids is 2. The average Bonchev–Trinajstić information content (AvgIpc) is 2.17. The summed E-state index contributed by atoms with van der Waals surface area (Å²) in [4.78, 5) is 23.1. The molecule has 0 aliphatic carbocycles. The zero-order valence-electron chi connectivity index (χ0n) is 7.40. The van der Waals surface area contributed by atoms with E-state index in [4.69, 9.17) is 16.3 Å². The highest BCUT2D eigenvalue weighted by Gasteiger charge is 1.98. The van der Waals surface area contributed by atoms with Crippen LogP contribution in [-0.4, -0.2) is 42.6 Å². The monoisotopic (exact) mass is 255 g/mol. The molecule has 1 amide bonds. The lowest BCUT2D eigenvalue weighted by atomic mass is 10.7. The summed E-state index contributed by atoms with van der Waals surface area (Å²) in [6, 6.07) is 0. The maximum Gasteiger partial charge on any atom is 0.282 e. The fraction of sp³-hybridized carbons (Fsp3) is 0.714. The lowest BCUT2D eigenvalue weighted by molar-refractivity contribution is -0.122. The summed E-state index contributed by atoms with van der Waals surface area (Å²) in [5, 5.41) is 0. The van der Waals surface area contributed by atoms with Gasteiger partial charge in [0.2, 0.25) is 6.08 Å². The first kappa shape index (κ1) is 14.0. The molecule has 0 saturated heterocycles. The van der Waals surface area contributed by atoms with E-state index in [0.29, 0.717) is 12.5 Å². The Balaban J connectivity index is 3.13. The van der Waals surface area contributed by atoms with E-state index in [1.54, 1.807) is 21.6 Å². The quantitative estimate of drug-likeness (QED) is 0.216. The largest absolute Gasteiger partial charge is 0.371 e. The van der Waals surface area contributed by atoms with E-state index < -0.39 is 5.91 Å². The molecule has 0 bridgehead atoms. The Morgan fingerprint density at radius 2 is 2.14 bits per heavy atom. The molecule has 0 heterocycles. The van der Waals surface area contributed by atoms with E-state index in [1.165, 1.54) is 0 Å². The first-order valence-corrected chi connectivity index (χ1v) is 6.82. The van der Waals surface area contributed by atoms with Crippen LogP contribution in [-0.2, 0) is 14.3 Å². The van der Waals surface area contributed by atoms with Crippen molar-refractivity contribution in [3.8, 4) is 0 Å². The second-order valence-electron chi connectivity index (χ2n) is 1.98. The highest BCUT2D eigenvalue weighted by atomic mass is 35.5. The van der Waals surface area contributed by atoms with Crippen molar-refractivity contribution in [1.29, 1.82) is 0 Å². The molecule has 0 aromatic rings. The minimum absolute atomic E-state index is 0.157. The number of isocyanates is 1. The van der Waals surface area contributed by atoms with Gasteiger partial charge in [-0.15, -0.1) is 16.6 Å². The van der Waals surface area contributed by atoms with Gasteiger partial charge in [0, 0.05) is 17.4 Å². The van der Waals surface area contributed by atoms with Crippen molar-refractivity contribution in [3.63, 3.8) is 0 Å². The molecule has 14 heavy (non-hydrogen) atoms. The van der Waals surface area contributed by atoms with Gasteiger partial charge < -0.3 is 4.74 Å². The number of rotatable bonds is 8. The van der Waals surface area contributed by atoms with Crippen molar-refractivity contribution in [3.05, 3.63) is 0 Å². The lowest BCUT2D eigenvalue weighted by Gasteiger charge is -1.99. The molecule has 0 rings (SSSR count). The molecule has 0 fully saturated rings. The number of aliphatic imine (C=N–C) groups is 1. The standard InChI is InChI=1S/C7H10ClNO3S2/c8-1-3-13-14-4-2-12-5-7(11)9-6-10/h1-5H2. The highest BCUT2D eigenvalue weighted by molar-refractivity contribution is 8.76. The fourth-order valence-corrected chi connectivity index (χ4v) is 2.64. The number of alkyl halides is 1. The molecule has 7 heteroatoms. The molecule has 0 saturated carbocycles. The molecule has 80 valence electrons.